The molecule has 1 aliphatic heterocycles. The SMILES string of the molecule is CC[C@@]1(C)CC(=O)C2[C@@]3(C)CCCC(C)(C)C3[C@H](O)[C@H](OCC(COP(=O)([O-])OCC[N+](C)(C)C)OC(C)=O)[C@@]2(C)O1. The number of rotatable bonds is 12. The molecule has 0 amide bonds. The number of esters is 1. The number of likely N-dealkylation sites (N-methyl/N-ethyl adjacent to an activating group) is 1. The van der Waals surface area contributed by atoms with Gasteiger partial charge in [0.25, 0.3) is 7.82 Å². The fraction of sp³-hybridized carbons (Fsp3) is 0.933. The van der Waals surface area contributed by atoms with Crippen LogP contribution in [0.25, 0.3) is 0 Å². The largest absolute Gasteiger partial charge is 0.756 e. The van der Waals surface area contributed by atoms with Crippen LogP contribution in [0.5, 0.6) is 0 Å². The number of aliphatic hydroxyl groups excluding tert-OH is 1. The van der Waals surface area contributed by atoms with Crippen molar-refractivity contribution in [3.05, 3.63) is 0 Å². The Morgan fingerprint density at radius 2 is 1.79 bits per heavy atom. The zero-order chi connectivity index (χ0) is 31.9. The highest BCUT2D eigenvalue weighted by Crippen LogP contribution is 2.65. The number of hydrogen-bond donors (Lipinski definition) is 1. The van der Waals surface area contributed by atoms with Crippen molar-refractivity contribution < 1.29 is 51.9 Å². The zero-order valence-electron chi connectivity index (χ0n) is 27.3. The molecule has 0 radical (unpaired) electrons. The Morgan fingerprint density at radius 1 is 1.14 bits per heavy atom. The normalized spacial score (nSPS) is 38.6. The van der Waals surface area contributed by atoms with Gasteiger partial charge in [-0.1, -0.05) is 34.1 Å². The summed E-state index contributed by atoms with van der Waals surface area (Å²) in [7, 11) is 1.03. The number of fused-ring (bicyclic) bond motifs is 3. The Hall–Kier alpha value is -0.910. The lowest BCUT2D eigenvalue weighted by molar-refractivity contribution is -0.870. The molecule has 0 aromatic rings. The number of carbonyl (C=O) groups excluding carboxylic acids is 2. The number of phosphoric acid groups is 1. The van der Waals surface area contributed by atoms with Gasteiger partial charge in [0.15, 0.2) is 0 Å². The Kier molecular flexibility index (Phi) is 10.6. The third-order valence-electron chi connectivity index (χ3n) is 9.85. The van der Waals surface area contributed by atoms with Gasteiger partial charge in [-0.25, -0.2) is 0 Å². The van der Waals surface area contributed by atoms with Crippen LogP contribution in [0.15, 0.2) is 0 Å². The average molecular weight is 620 g/mol. The van der Waals surface area contributed by atoms with Gasteiger partial charge in [-0.15, -0.1) is 0 Å². The second kappa shape index (κ2) is 12.5. The molecule has 1 N–H and O–H groups in total. The lowest BCUT2D eigenvalue weighted by atomic mass is 9.42. The van der Waals surface area contributed by atoms with E-state index in [0.717, 1.165) is 19.3 Å². The Morgan fingerprint density at radius 3 is 2.36 bits per heavy atom. The first kappa shape index (κ1) is 35.6. The quantitative estimate of drug-likeness (QED) is 0.197. The third kappa shape index (κ3) is 7.65. The minimum atomic E-state index is -4.68. The summed E-state index contributed by atoms with van der Waals surface area (Å²) in [5, 5.41) is 12.0. The van der Waals surface area contributed by atoms with Crippen LogP contribution in [0, 0.1) is 22.7 Å². The molecule has 0 spiro atoms. The highest BCUT2D eigenvalue weighted by atomic mass is 31.2. The van der Waals surface area contributed by atoms with E-state index in [1.165, 1.54) is 6.92 Å². The number of quaternary nitrogens is 1. The number of aliphatic hydroxyl groups is 1. The molecule has 3 fully saturated rings. The topological polar surface area (TPSA) is 141 Å². The highest BCUT2D eigenvalue weighted by molar-refractivity contribution is 7.45. The van der Waals surface area contributed by atoms with Crippen LogP contribution in [0.3, 0.4) is 0 Å². The summed E-state index contributed by atoms with van der Waals surface area (Å²) in [5.74, 6) is -1.30. The Labute approximate surface area is 251 Å². The summed E-state index contributed by atoms with van der Waals surface area (Å²) in [6.45, 7) is 12.9. The minimum Gasteiger partial charge on any atom is -0.756 e. The third-order valence-corrected chi connectivity index (χ3v) is 10.8. The lowest BCUT2D eigenvalue weighted by Crippen LogP contribution is -2.75. The number of phosphoric ester groups is 1. The van der Waals surface area contributed by atoms with Gasteiger partial charge in [0.05, 0.1) is 52.0 Å². The van der Waals surface area contributed by atoms with Crippen molar-refractivity contribution in [1.82, 2.24) is 0 Å². The predicted molar refractivity (Wildman–Crippen MR) is 154 cm³/mol. The van der Waals surface area contributed by atoms with Crippen molar-refractivity contribution >= 4 is 19.6 Å². The first-order valence-corrected chi connectivity index (χ1v) is 16.7. The van der Waals surface area contributed by atoms with Gasteiger partial charge in [-0.2, -0.15) is 0 Å². The van der Waals surface area contributed by atoms with E-state index in [9.17, 15) is 24.2 Å². The van der Waals surface area contributed by atoms with Crippen LogP contribution in [0.1, 0.15) is 80.6 Å². The molecule has 3 rings (SSSR count). The molecule has 9 atom stereocenters. The molecule has 4 unspecified atom stereocenters. The van der Waals surface area contributed by atoms with Crippen molar-refractivity contribution in [2.45, 2.75) is 110 Å². The molecule has 2 saturated carbocycles. The second-order valence-corrected chi connectivity index (χ2v) is 16.5. The Bertz CT molecular complexity index is 1050. The molecule has 12 heteroatoms. The molecule has 11 nitrogen and oxygen atoms in total. The maximum atomic E-state index is 14.0. The predicted octanol–water partition coefficient (Wildman–Crippen LogP) is 3.25. The summed E-state index contributed by atoms with van der Waals surface area (Å²) in [5.41, 5.74) is -2.66. The summed E-state index contributed by atoms with van der Waals surface area (Å²) in [6, 6.07) is 0. The van der Waals surface area contributed by atoms with Gasteiger partial charge in [-0.05, 0) is 49.9 Å². The standard InChI is InChI=1S/C30H54NO10P/c1-11-28(5)17-22(33)24-29(6)14-12-13-27(3,4)25(29)23(34)26(30(24,7)41-28)37-18-21(40-20(2)32)19-39-42(35,36)38-16-15-31(8,9)10/h21,23-26,34H,11-19H2,1-10H3/t21?,23-,24?,25?,26-,28-,29+,30-/m0/s1. The van der Waals surface area contributed by atoms with Crippen molar-refractivity contribution in [2.24, 2.45) is 22.7 Å². The number of Topliss-reactive ketones (excluding diaryl/α,β-unsaturated/α-hetero) is 1. The first-order chi connectivity index (χ1) is 19.1. The van der Waals surface area contributed by atoms with E-state index in [-0.39, 0.29) is 36.8 Å². The van der Waals surface area contributed by atoms with Gasteiger partial charge < -0.3 is 37.7 Å². The van der Waals surface area contributed by atoms with E-state index in [2.05, 4.69) is 20.8 Å². The van der Waals surface area contributed by atoms with Crippen molar-refractivity contribution in [1.29, 1.82) is 0 Å². The molecular formula is C30H54NO10P. The Balaban J connectivity index is 1.87. The first-order valence-electron chi connectivity index (χ1n) is 15.2. The number of ketones is 1. The molecule has 3 aliphatic rings. The molecular weight excluding hydrogens is 565 g/mol. The minimum absolute atomic E-state index is 0.0650. The van der Waals surface area contributed by atoms with E-state index < -0.39 is 61.2 Å². The molecule has 0 aromatic heterocycles. The fourth-order valence-electron chi connectivity index (χ4n) is 8.14. The van der Waals surface area contributed by atoms with Crippen LogP contribution in [0.2, 0.25) is 0 Å². The summed E-state index contributed by atoms with van der Waals surface area (Å²) >= 11 is 0. The number of nitrogens with zero attached hydrogens (tertiary/aromatic N) is 1. The van der Waals surface area contributed by atoms with Crippen molar-refractivity contribution in [2.75, 3.05) is 47.5 Å². The van der Waals surface area contributed by atoms with Gasteiger partial charge >= 0.3 is 5.97 Å². The molecule has 2 aliphatic carbocycles. The molecule has 0 bridgehead atoms. The van der Waals surface area contributed by atoms with Crippen LogP contribution >= 0.6 is 7.82 Å². The van der Waals surface area contributed by atoms with E-state index in [1.807, 2.05) is 41.9 Å². The molecule has 42 heavy (non-hydrogen) atoms. The molecule has 1 heterocycles. The van der Waals surface area contributed by atoms with Gasteiger partial charge in [-0.3, -0.25) is 14.2 Å². The molecule has 0 aromatic carbocycles. The smallest absolute Gasteiger partial charge is 0.303 e. The molecule has 1 saturated heterocycles. The van der Waals surface area contributed by atoms with E-state index in [0.29, 0.717) is 17.4 Å². The van der Waals surface area contributed by atoms with Crippen LogP contribution in [-0.2, 0) is 37.4 Å². The van der Waals surface area contributed by atoms with Gasteiger partial charge in [0, 0.05) is 13.3 Å². The van der Waals surface area contributed by atoms with Crippen LogP contribution in [-0.4, -0.2) is 98.4 Å². The van der Waals surface area contributed by atoms with Gasteiger partial charge in [0.1, 0.15) is 36.7 Å². The van der Waals surface area contributed by atoms with E-state index >= 15 is 0 Å². The fourth-order valence-corrected chi connectivity index (χ4v) is 8.87. The average Bonchev–Trinajstić information content (AvgIpc) is 2.79. The van der Waals surface area contributed by atoms with E-state index in [1.54, 1.807) is 0 Å². The number of ether oxygens (including phenoxy) is 3. The second-order valence-electron chi connectivity index (χ2n) is 15.1. The van der Waals surface area contributed by atoms with Crippen molar-refractivity contribution in [3.8, 4) is 0 Å². The van der Waals surface area contributed by atoms with Crippen LogP contribution in [0.4, 0.5) is 0 Å². The summed E-state index contributed by atoms with van der Waals surface area (Å²) in [4.78, 5) is 38.3. The maximum Gasteiger partial charge on any atom is 0.303 e. The van der Waals surface area contributed by atoms with Crippen molar-refractivity contribution in [3.63, 3.8) is 0 Å². The highest BCUT2D eigenvalue weighted by Gasteiger charge is 2.71. The lowest BCUT2D eigenvalue weighted by Gasteiger charge is -2.67. The summed E-state index contributed by atoms with van der Waals surface area (Å²) in [6.07, 6.45) is 0.497. The van der Waals surface area contributed by atoms with E-state index in [4.69, 9.17) is 23.3 Å². The zero-order valence-corrected chi connectivity index (χ0v) is 28.2. The summed E-state index contributed by atoms with van der Waals surface area (Å²) < 4.78 is 41.5. The number of carbonyl (C=O) groups is 2. The maximum absolute atomic E-state index is 14.0. The van der Waals surface area contributed by atoms with Gasteiger partial charge in [0.2, 0.25) is 0 Å². The van der Waals surface area contributed by atoms with Crippen LogP contribution < -0.4 is 4.89 Å². The monoisotopic (exact) mass is 619 g/mol. The number of hydrogen-bond acceptors (Lipinski definition) is 10. The molecule has 244 valence electrons.